The lowest BCUT2D eigenvalue weighted by Crippen LogP contribution is -2.26. The summed E-state index contributed by atoms with van der Waals surface area (Å²) in [6, 6.07) is 5.50. The van der Waals surface area contributed by atoms with Gasteiger partial charge in [0.25, 0.3) is 5.56 Å². The number of halogens is 2. The first kappa shape index (κ1) is 15.2. The molecule has 2 rings (SSSR count). The van der Waals surface area contributed by atoms with Gasteiger partial charge in [-0.15, -0.1) is 10.2 Å². The zero-order valence-corrected chi connectivity index (χ0v) is 14.4. The smallest absolute Gasteiger partial charge is 0.287 e. The summed E-state index contributed by atoms with van der Waals surface area (Å²) in [6.07, 6.45) is 0. The normalized spacial score (nSPS) is 10.9. The van der Waals surface area contributed by atoms with Gasteiger partial charge in [0.2, 0.25) is 0 Å². The van der Waals surface area contributed by atoms with Gasteiger partial charge in [0.15, 0.2) is 10.4 Å². The van der Waals surface area contributed by atoms with Crippen LogP contribution in [0.15, 0.2) is 32.1 Å². The minimum atomic E-state index is -0.213. The lowest BCUT2D eigenvalue weighted by molar-refractivity contribution is 0.415. The van der Waals surface area contributed by atoms with Crippen molar-refractivity contribution in [3.63, 3.8) is 0 Å². The van der Waals surface area contributed by atoms with E-state index in [4.69, 9.17) is 4.74 Å². The van der Waals surface area contributed by atoms with Crippen molar-refractivity contribution >= 4 is 31.9 Å². The van der Waals surface area contributed by atoms with E-state index >= 15 is 0 Å². The molecular weight excluding hydrogens is 390 g/mol. The molecule has 0 spiro atoms. The van der Waals surface area contributed by atoms with Gasteiger partial charge in [0, 0.05) is 10.5 Å². The fourth-order valence-corrected chi connectivity index (χ4v) is 2.50. The second-order valence-corrected chi connectivity index (χ2v) is 6.09. The maximum atomic E-state index is 12.2. The Kier molecular flexibility index (Phi) is 4.59. The van der Waals surface area contributed by atoms with Gasteiger partial charge in [-0.2, -0.15) is 0 Å². The van der Waals surface area contributed by atoms with Crippen LogP contribution in [0, 0.1) is 0 Å². The topological polar surface area (TPSA) is 57.0 Å². The maximum Gasteiger partial charge on any atom is 0.287 e. The number of nitrogens with zero attached hydrogens (tertiary/aromatic N) is 3. The standard InChI is InChI=1S/C13H13Br2N3O2/c1-7(2)18-12(17-16-11(15)13(18)19)9-5-4-8(14)6-10(9)20-3/h4-7H,1-3H3. The minimum Gasteiger partial charge on any atom is -0.496 e. The molecule has 0 bridgehead atoms. The first-order chi connectivity index (χ1) is 9.45. The molecule has 0 aliphatic carbocycles. The number of ether oxygens (including phenoxy) is 1. The number of hydrogen-bond donors (Lipinski definition) is 0. The third kappa shape index (κ3) is 2.78. The van der Waals surface area contributed by atoms with Crippen molar-refractivity contribution in [2.45, 2.75) is 19.9 Å². The van der Waals surface area contributed by atoms with Crippen molar-refractivity contribution in [1.82, 2.24) is 14.8 Å². The van der Waals surface area contributed by atoms with E-state index in [1.54, 1.807) is 11.7 Å². The summed E-state index contributed by atoms with van der Waals surface area (Å²) in [5.74, 6) is 1.11. The fraction of sp³-hybridized carbons (Fsp3) is 0.308. The largest absolute Gasteiger partial charge is 0.496 e. The van der Waals surface area contributed by atoms with Gasteiger partial charge in [0.1, 0.15) is 5.75 Å². The summed E-state index contributed by atoms with van der Waals surface area (Å²) in [5.41, 5.74) is 0.511. The van der Waals surface area contributed by atoms with Gasteiger partial charge in [-0.3, -0.25) is 9.36 Å². The van der Waals surface area contributed by atoms with E-state index in [0.717, 1.165) is 10.0 Å². The number of aromatic nitrogens is 3. The molecule has 0 aliphatic rings. The van der Waals surface area contributed by atoms with Gasteiger partial charge >= 0.3 is 0 Å². The highest BCUT2D eigenvalue weighted by atomic mass is 79.9. The minimum absolute atomic E-state index is 0.0438. The molecule has 0 saturated carbocycles. The molecule has 0 saturated heterocycles. The Balaban J connectivity index is 2.76. The summed E-state index contributed by atoms with van der Waals surface area (Å²) in [5, 5.41) is 8.00. The van der Waals surface area contributed by atoms with Crippen LogP contribution in [0.3, 0.4) is 0 Å². The Labute approximate surface area is 133 Å². The van der Waals surface area contributed by atoms with Gasteiger partial charge in [-0.05, 0) is 48.0 Å². The van der Waals surface area contributed by atoms with Gasteiger partial charge < -0.3 is 4.74 Å². The van der Waals surface area contributed by atoms with Crippen molar-refractivity contribution in [2.75, 3.05) is 7.11 Å². The molecular formula is C13H13Br2N3O2. The lowest BCUT2D eigenvalue weighted by atomic mass is 10.1. The van der Waals surface area contributed by atoms with E-state index in [9.17, 15) is 4.79 Å². The van der Waals surface area contributed by atoms with Crippen molar-refractivity contribution in [1.29, 1.82) is 0 Å². The van der Waals surface area contributed by atoms with Crippen LogP contribution >= 0.6 is 31.9 Å². The molecule has 20 heavy (non-hydrogen) atoms. The van der Waals surface area contributed by atoms with Crippen LogP contribution in [-0.4, -0.2) is 21.9 Å². The molecule has 0 amide bonds. The quantitative estimate of drug-likeness (QED) is 0.789. The number of benzene rings is 1. The summed E-state index contributed by atoms with van der Waals surface area (Å²) in [4.78, 5) is 12.2. The third-order valence-electron chi connectivity index (χ3n) is 2.78. The molecule has 0 atom stereocenters. The average molecular weight is 403 g/mol. The van der Waals surface area contributed by atoms with Crippen LogP contribution in [0.2, 0.25) is 0 Å². The summed E-state index contributed by atoms with van der Waals surface area (Å²) >= 11 is 6.51. The van der Waals surface area contributed by atoms with Crippen molar-refractivity contribution in [3.8, 4) is 17.1 Å². The molecule has 1 heterocycles. The van der Waals surface area contributed by atoms with Crippen molar-refractivity contribution < 1.29 is 4.74 Å². The SMILES string of the molecule is COc1cc(Br)ccc1-c1nnc(Br)c(=O)n1C(C)C. The van der Waals surface area contributed by atoms with Crippen LogP contribution in [0.1, 0.15) is 19.9 Å². The highest BCUT2D eigenvalue weighted by Crippen LogP contribution is 2.31. The lowest BCUT2D eigenvalue weighted by Gasteiger charge is -2.16. The van der Waals surface area contributed by atoms with Crippen molar-refractivity contribution in [3.05, 3.63) is 37.6 Å². The van der Waals surface area contributed by atoms with Crippen LogP contribution in [0.25, 0.3) is 11.4 Å². The molecule has 5 nitrogen and oxygen atoms in total. The first-order valence-corrected chi connectivity index (χ1v) is 7.53. The third-order valence-corrected chi connectivity index (χ3v) is 3.77. The first-order valence-electron chi connectivity index (χ1n) is 5.94. The van der Waals surface area contributed by atoms with Crippen LogP contribution in [0.5, 0.6) is 5.75 Å². The zero-order valence-electron chi connectivity index (χ0n) is 11.2. The van der Waals surface area contributed by atoms with E-state index in [0.29, 0.717) is 11.6 Å². The second kappa shape index (κ2) is 6.05. The summed E-state index contributed by atoms with van der Waals surface area (Å²) < 4.78 is 8.04. The van der Waals surface area contributed by atoms with Crippen LogP contribution < -0.4 is 10.3 Å². The number of rotatable bonds is 3. The molecule has 0 aliphatic heterocycles. The average Bonchev–Trinajstić information content (AvgIpc) is 2.41. The van der Waals surface area contributed by atoms with Gasteiger partial charge in [-0.1, -0.05) is 15.9 Å². The maximum absolute atomic E-state index is 12.2. The van der Waals surface area contributed by atoms with Gasteiger partial charge in [0.05, 0.1) is 12.7 Å². The summed E-state index contributed by atoms with van der Waals surface area (Å²) in [6.45, 7) is 3.84. The molecule has 2 aromatic rings. The fourth-order valence-electron chi connectivity index (χ4n) is 1.89. The molecule has 7 heteroatoms. The Morgan fingerprint density at radius 2 is 1.95 bits per heavy atom. The summed E-state index contributed by atoms with van der Waals surface area (Å²) in [7, 11) is 1.58. The number of methoxy groups -OCH3 is 1. The Morgan fingerprint density at radius 3 is 2.55 bits per heavy atom. The molecule has 0 unspecified atom stereocenters. The van der Waals surface area contributed by atoms with E-state index in [-0.39, 0.29) is 16.2 Å². The molecule has 0 radical (unpaired) electrons. The Hall–Kier alpha value is -1.21. The zero-order chi connectivity index (χ0) is 14.9. The van der Waals surface area contributed by atoms with E-state index in [2.05, 4.69) is 42.1 Å². The van der Waals surface area contributed by atoms with Crippen LogP contribution in [-0.2, 0) is 0 Å². The monoisotopic (exact) mass is 401 g/mol. The Bertz CT molecular complexity index is 699. The molecule has 106 valence electrons. The van der Waals surface area contributed by atoms with E-state index in [1.807, 2.05) is 32.0 Å². The predicted molar refractivity (Wildman–Crippen MR) is 84.1 cm³/mol. The second-order valence-electron chi connectivity index (χ2n) is 4.43. The highest BCUT2D eigenvalue weighted by Gasteiger charge is 2.18. The van der Waals surface area contributed by atoms with E-state index in [1.165, 1.54) is 0 Å². The van der Waals surface area contributed by atoms with Gasteiger partial charge in [-0.25, -0.2) is 0 Å². The molecule has 0 fully saturated rings. The molecule has 1 aromatic heterocycles. The molecule has 1 aromatic carbocycles. The molecule has 0 N–H and O–H groups in total. The highest BCUT2D eigenvalue weighted by molar-refractivity contribution is 9.10. The Morgan fingerprint density at radius 1 is 1.25 bits per heavy atom. The van der Waals surface area contributed by atoms with Crippen molar-refractivity contribution in [2.24, 2.45) is 0 Å². The number of hydrogen-bond acceptors (Lipinski definition) is 4. The van der Waals surface area contributed by atoms with Crippen LogP contribution in [0.4, 0.5) is 0 Å². The van der Waals surface area contributed by atoms with E-state index < -0.39 is 0 Å². The predicted octanol–water partition coefficient (Wildman–Crippen LogP) is 3.42.